The molecule has 1 rings (SSSR count). The summed E-state index contributed by atoms with van der Waals surface area (Å²) in [5.74, 6) is -0.0730. The lowest BCUT2D eigenvalue weighted by atomic mass is 10.3. The number of hydrogen-bond acceptors (Lipinski definition) is 6. The zero-order valence-corrected chi connectivity index (χ0v) is 12.8. The number of ether oxygens (including phenoxy) is 1. The van der Waals surface area contributed by atoms with Gasteiger partial charge in [-0.3, -0.25) is 9.59 Å². The summed E-state index contributed by atoms with van der Waals surface area (Å²) in [5, 5.41) is 0. The predicted molar refractivity (Wildman–Crippen MR) is 78.8 cm³/mol. The zero-order chi connectivity index (χ0) is 15.7. The van der Waals surface area contributed by atoms with Crippen LogP contribution in [0, 0.1) is 0 Å². The zero-order valence-electron chi connectivity index (χ0n) is 12.8. The van der Waals surface area contributed by atoms with Crippen molar-refractivity contribution in [2.45, 2.75) is 20.3 Å². The molecule has 0 N–H and O–H groups in total. The van der Waals surface area contributed by atoms with Gasteiger partial charge in [-0.2, -0.15) is 0 Å². The molecule has 21 heavy (non-hydrogen) atoms. The number of amides is 1. The third-order valence-corrected chi connectivity index (χ3v) is 2.74. The SMILES string of the molecule is CCCN(CC(=O)OCC)C(=O)CN(C)c1ncccn1. The molecule has 1 aromatic heterocycles. The Hall–Kier alpha value is -2.18. The van der Waals surface area contributed by atoms with Crippen molar-refractivity contribution in [3.8, 4) is 0 Å². The summed E-state index contributed by atoms with van der Waals surface area (Å²) in [6.45, 7) is 4.61. The molecule has 0 saturated heterocycles. The molecule has 116 valence electrons. The highest BCUT2D eigenvalue weighted by Crippen LogP contribution is 2.03. The minimum atomic E-state index is -0.391. The van der Waals surface area contributed by atoms with Crippen LogP contribution in [0.2, 0.25) is 0 Å². The number of anilines is 1. The van der Waals surface area contributed by atoms with Gasteiger partial charge in [-0.05, 0) is 19.4 Å². The Morgan fingerprint density at radius 3 is 2.43 bits per heavy atom. The summed E-state index contributed by atoms with van der Waals surface area (Å²) >= 11 is 0. The monoisotopic (exact) mass is 294 g/mol. The Bertz CT molecular complexity index is 453. The van der Waals surface area contributed by atoms with Crippen molar-refractivity contribution in [1.29, 1.82) is 0 Å². The van der Waals surface area contributed by atoms with E-state index in [9.17, 15) is 9.59 Å². The van der Waals surface area contributed by atoms with Crippen molar-refractivity contribution in [3.05, 3.63) is 18.5 Å². The molecule has 7 nitrogen and oxygen atoms in total. The van der Waals surface area contributed by atoms with Gasteiger partial charge in [-0.15, -0.1) is 0 Å². The van der Waals surface area contributed by atoms with Crippen LogP contribution in [-0.2, 0) is 14.3 Å². The van der Waals surface area contributed by atoms with Crippen LogP contribution in [0.15, 0.2) is 18.5 Å². The van der Waals surface area contributed by atoms with Gasteiger partial charge in [0.05, 0.1) is 13.2 Å². The fourth-order valence-electron chi connectivity index (χ4n) is 1.79. The van der Waals surface area contributed by atoms with Gasteiger partial charge in [0.2, 0.25) is 11.9 Å². The number of hydrogen-bond donors (Lipinski definition) is 0. The summed E-state index contributed by atoms with van der Waals surface area (Å²) in [5.41, 5.74) is 0. The fourth-order valence-corrected chi connectivity index (χ4v) is 1.79. The molecular formula is C14H22N4O3. The molecule has 0 unspecified atom stereocenters. The number of carbonyl (C=O) groups excluding carboxylic acids is 2. The van der Waals surface area contributed by atoms with Crippen LogP contribution in [0.5, 0.6) is 0 Å². The normalized spacial score (nSPS) is 10.0. The minimum Gasteiger partial charge on any atom is -0.465 e. The van der Waals surface area contributed by atoms with Crippen LogP contribution in [-0.4, -0.2) is 60.0 Å². The maximum atomic E-state index is 12.3. The lowest BCUT2D eigenvalue weighted by Crippen LogP contribution is -2.42. The Balaban J connectivity index is 2.62. The standard InChI is InChI=1S/C14H22N4O3/c1-4-9-18(11-13(20)21-5-2)12(19)10-17(3)14-15-7-6-8-16-14/h6-8H,4-5,9-11H2,1-3H3. The van der Waals surface area contributed by atoms with Gasteiger partial charge < -0.3 is 14.5 Å². The summed E-state index contributed by atoms with van der Waals surface area (Å²) in [7, 11) is 1.74. The molecule has 0 fully saturated rings. The number of nitrogens with zero attached hydrogens (tertiary/aromatic N) is 4. The molecule has 0 radical (unpaired) electrons. The highest BCUT2D eigenvalue weighted by atomic mass is 16.5. The van der Waals surface area contributed by atoms with Crippen molar-refractivity contribution in [2.75, 3.05) is 38.2 Å². The summed E-state index contributed by atoms with van der Waals surface area (Å²) in [6.07, 6.45) is 4.01. The van der Waals surface area contributed by atoms with Crippen LogP contribution in [0.4, 0.5) is 5.95 Å². The Kier molecular flexibility index (Phi) is 7.14. The summed E-state index contributed by atoms with van der Waals surface area (Å²) in [4.78, 5) is 35.1. The van der Waals surface area contributed by atoms with Crippen LogP contribution < -0.4 is 4.90 Å². The molecule has 0 spiro atoms. The van der Waals surface area contributed by atoms with E-state index in [2.05, 4.69) is 9.97 Å². The van der Waals surface area contributed by atoms with E-state index in [4.69, 9.17) is 4.74 Å². The van der Waals surface area contributed by atoms with E-state index in [1.807, 2.05) is 6.92 Å². The maximum Gasteiger partial charge on any atom is 0.325 e. The number of rotatable bonds is 8. The first-order chi connectivity index (χ1) is 10.1. The van der Waals surface area contributed by atoms with Gasteiger partial charge in [0, 0.05) is 26.0 Å². The third kappa shape index (κ3) is 5.76. The first-order valence-corrected chi connectivity index (χ1v) is 7.00. The van der Waals surface area contributed by atoms with E-state index in [1.54, 1.807) is 37.3 Å². The van der Waals surface area contributed by atoms with Crippen molar-refractivity contribution >= 4 is 17.8 Å². The highest BCUT2D eigenvalue weighted by molar-refractivity contribution is 5.85. The smallest absolute Gasteiger partial charge is 0.325 e. The molecule has 0 aliphatic heterocycles. The van der Waals surface area contributed by atoms with Crippen LogP contribution in [0.1, 0.15) is 20.3 Å². The molecule has 0 saturated carbocycles. The van der Waals surface area contributed by atoms with Gasteiger partial charge in [-0.25, -0.2) is 9.97 Å². The van der Waals surface area contributed by atoms with Crippen molar-refractivity contribution < 1.29 is 14.3 Å². The average Bonchev–Trinajstić information content (AvgIpc) is 2.48. The van der Waals surface area contributed by atoms with E-state index < -0.39 is 5.97 Å². The molecule has 0 atom stereocenters. The molecule has 0 aliphatic carbocycles. The number of carbonyl (C=O) groups is 2. The Morgan fingerprint density at radius 1 is 1.19 bits per heavy atom. The van der Waals surface area contributed by atoms with E-state index in [0.29, 0.717) is 19.1 Å². The van der Waals surface area contributed by atoms with Gasteiger partial charge >= 0.3 is 5.97 Å². The van der Waals surface area contributed by atoms with E-state index in [1.165, 1.54) is 4.90 Å². The Labute approximate surface area is 124 Å². The van der Waals surface area contributed by atoms with Crippen LogP contribution in [0.25, 0.3) is 0 Å². The van der Waals surface area contributed by atoms with Crippen LogP contribution in [0.3, 0.4) is 0 Å². The molecule has 1 heterocycles. The van der Waals surface area contributed by atoms with Gasteiger partial charge in [0.1, 0.15) is 6.54 Å². The Morgan fingerprint density at radius 2 is 1.86 bits per heavy atom. The first-order valence-electron chi connectivity index (χ1n) is 7.00. The molecule has 7 heteroatoms. The minimum absolute atomic E-state index is 0.0238. The second-order valence-electron chi connectivity index (χ2n) is 4.53. The second kappa shape index (κ2) is 8.89. The van der Waals surface area contributed by atoms with Gasteiger partial charge in [0.25, 0.3) is 0 Å². The van der Waals surface area contributed by atoms with Crippen molar-refractivity contribution in [3.63, 3.8) is 0 Å². The quantitative estimate of drug-likeness (QED) is 0.657. The van der Waals surface area contributed by atoms with Gasteiger partial charge in [0.15, 0.2) is 0 Å². The van der Waals surface area contributed by atoms with Crippen molar-refractivity contribution in [1.82, 2.24) is 14.9 Å². The molecule has 0 aromatic carbocycles. The number of likely N-dealkylation sites (N-methyl/N-ethyl adjacent to an activating group) is 1. The van der Waals surface area contributed by atoms with E-state index in [-0.39, 0.29) is 19.0 Å². The summed E-state index contributed by atoms with van der Waals surface area (Å²) < 4.78 is 4.89. The van der Waals surface area contributed by atoms with Crippen molar-refractivity contribution in [2.24, 2.45) is 0 Å². The predicted octanol–water partition coefficient (Wildman–Crippen LogP) is 0.714. The maximum absolute atomic E-state index is 12.3. The molecule has 0 aliphatic rings. The number of esters is 1. The number of aromatic nitrogens is 2. The lowest BCUT2D eigenvalue weighted by Gasteiger charge is -2.24. The third-order valence-electron chi connectivity index (χ3n) is 2.74. The molecule has 1 amide bonds. The highest BCUT2D eigenvalue weighted by Gasteiger charge is 2.19. The van der Waals surface area contributed by atoms with Gasteiger partial charge in [-0.1, -0.05) is 6.92 Å². The van der Waals surface area contributed by atoms with Crippen LogP contribution >= 0.6 is 0 Å². The fraction of sp³-hybridized carbons (Fsp3) is 0.571. The molecule has 0 bridgehead atoms. The lowest BCUT2D eigenvalue weighted by molar-refractivity contribution is -0.148. The molecular weight excluding hydrogens is 272 g/mol. The second-order valence-corrected chi connectivity index (χ2v) is 4.53. The first kappa shape index (κ1) is 16.9. The summed E-state index contributed by atoms with van der Waals surface area (Å²) in [6, 6.07) is 1.71. The average molecular weight is 294 g/mol. The molecule has 1 aromatic rings. The topological polar surface area (TPSA) is 75.6 Å². The van der Waals surface area contributed by atoms with E-state index in [0.717, 1.165) is 6.42 Å². The largest absolute Gasteiger partial charge is 0.465 e. The van der Waals surface area contributed by atoms with E-state index >= 15 is 0 Å².